The Balaban J connectivity index is 1.15. The molecule has 4 rings (SSSR count). The van der Waals surface area contributed by atoms with Crippen molar-refractivity contribution in [1.82, 2.24) is 10.6 Å². The number of fused-ring (bicyclic) bond motifs is 5. The number of aliphatic hydroxyl groups is 2. The number of carbonyl (C=O) groups is 4. The van der Waals surface area contributed by atoms with Crippen molar-refractivity contribution in [2.24, 2.45) is 28.6 Å². The number of ketones is 2. The van der Waals surface area contributed by atoms with E-state index in [0.717, 1.165) is 24.8 Å². The Kier molecular flexibility index (Phi) is 11.2. The number of ether oxygens (including phenoxy) is 4. The van der Waals surface area contributed by atoms with E-state index in [1.54, 1.807) is 12.2 Å². The Morgan fingerprint density at radius 3 is 2.42 bits per heavy atom. The maximum absolute atomic E-state index is 13.2. The molecule has 0 bridgehead atoms. The highest BCUT2D eigenvalue weighted by Crippen LogP contribution is 2.64. The Bertz CT molecular complexity index is 1150. The Morgan fingerprint density at radius 1 is 1.00 bits per heavy atom. The van der Waals surface area contributed by atoms with E-state index in [-0.39, 0.29) is 87.5 Å². The van der Waals surface area contributed by atoms with Gasteiger partial charge in [0.1, 0.15) is 6.61 Å². The second kappa shape index (κ2) is 14.6. The summed E-state index contributed by atoms with van der Waals surface area (Å²) in [5, 5.41) is 25.1. The molecular formula is C31H44N2O10. The van der Waals surface area contributed by atoms with Crippen molar-refractivity contribution in [3.8, 4) is 0 Å². The zero-order valence-electron chi connectivity index (χ0n) is 25.0. The van der Waals surface area contributed by atoms with Gasteiger partial charge in [-0.1, -0.05) is 31.6 Å². The minimum absolute atomic E-state index is 0.00165. The van der Waals surface area contributed by atoms with Gasteiger partial charge in [-0.15, -0.1) is 0 Å². The molecule has 0 aromatic heterocycles. The lowest BCUT2D eigenvalue weighted by atomic mass is 9.47. The molecule has 0 aliphatic heterocycles. The highest BCUT2D eigenvalue weighted by atomic mass is 16.6. The van der Waals surface area contributed by atoms with Crippen LogP contribution in [0, 0.1) is 28.6 Å². The summed E-state index contributed by atoms with van der Waals surface area (Å²) in [7, 11) is 0. The maximum Gasteiger partial charge on any atom is 0.407 e. The fourth-order valence-electron chi connectivity index (χ4n) is 7.55. The largest absolute Gasteiger partial charge is 0.447 e. The van der Waals surface area contributed by atoms with Crippen LogP contribution < -0.4 is 10.6 Å². The first-order valence-corrected chi connectivity index (χ1v) is 15.0. The van der Waals surface area contributed by atoms with E-state index in [4.69, 9.17) is 24.1 Å². The van der Waals surface area contributed by atoms with E-state index in [1.165, 1.54) is 0 Å². The van der Waals surface area contributed by atoms with E-state index in [9.17, 15) is 24.3 Å². The van der Waals surface area contributed by atoms with Gasteiger partial charge in [-0.25, -0.2) is 9.59 Å². The van der Waals surface area contributed by atoms with Gasteiger partial charge in [-0.3, -0.25) is 9.59 Å². The van der Waals surface area contributed by atoms with Crippen LogP contribution in [0.15, 0.2) is 35.5 Å². The quantitative estimate of drug-likeness (QED) is 0.215. The van der Waals surface area contributed by atoms with Crippen LogP contribution in [-0.2, 0) is 28.5 Å². The zero-order chi connectivity index (χ0) is 31.0. The molecule has 0 spiro atoms. The van der Waals surface area contributed by atoms with Gasteiger partial charge in [0.2, 0.25) is 0 Å². The molecule has 4 N–H and O–H groups in total. The van der Waals surface area contributed by atoms with E-state index in [2.05, 4.69) is 17.6 Å². The number of alkyl carbamates (subject to hydrolysis) is 2. The first-order valence-electron chi connectivity index (χ1n) is 15.0. The summed E-state index contributed by atoms with van der Waals surface area (Å²) >= 11 is 0. The van der Waals surface area contributed by atoms with Crippen LogP contribution in [0.25, 0.3) is 0 Å². The third-order valence-corrected chi connectivity index (χ3v) is 9.44. The Labute approximate surface area is 251 Å². The predicted octanol–water partition coefficient (Wildman–Crippen LogP) is 1.85. The number of nitrogens with one attached hydrogen (secondary N) is 2. The molecule has 4 aliphatic carbocycles. The summed E-state index contributed by atoms with van der Waals surface area (Å²) < 4.78 is 20.5. The first-order chi connectivity index (χ1) is 20.6. The van der Waals surface area contributed by atoms with Crippen molar-refractivity contribution >= 4 is 23.8 Å². The first kappa shape index (κ1) is 32.8. The molecule has 2 amide bonds. The van der Waals surface area contributed by atoms with Gasteiger partial charge < -0.3 is 39.8 Å². The molecule has 12 nitrogen and oxygen atoms in total. The lowest BCUT2D eigenvalue weighted by Gasteiger charge is -2.58. The molecule has 0 aromatic rings. The number of rotatable bonds is 14. The molecule has 6 atom stereocenters. The molecule has 0 aromatic carbocycles. The zero-order valence-corrected chi connectivity index (χ0v) is 25.0. The molecule has 238 valence electrons. The highest BCUT2D eigenvalue weighted by Gasteiger charge is 2.60. The van der Waals surface area contributed by atoms with Gasteiger partial charge in [-0.2, -0.15) is 0 Å². The van der Waals surface area contributed by atoms with Crippen molar-refractivity contribution in [3.63, 3.8) is 0 Å². The minimum atomic E-state index is -0.738. The SMILES string of the molecule is CC12C=CC(=O)C=C1CCC1C2C(O)CC2(C)C(C(=O)COC(=O)NCCOCCOC(=O)NCCOCCO)=CCC12. The molecule has 6 unspecified atom stereocenters. The Morgan fingerprint density at radius 2 is 1.70 bits per heavy atom. The predicted molar refractivity (Wildman–Crippen MR) is 154 cm³/mol. The summed E-state index contributed by atoms with van der Waals surface area (Å²) in [6.45, 7) is 4.88. The number of carbonyl (C=O) groups excluding carboxylic acids is 4. The van der Waals surface area contributed by atoms with E-state index in [0.29, 0.717) is 12.0 Å². The molecular weight excluding hydrogens is 560 g/mol. The van der Waals surface area contributed by atoms with Crippen LogP contribution in [0.4, 0.5) is 9.59 Å². The van der Waals surface area contributed by atoms with Crippen molar-refractivity contribution in [3.05, 3.63) is 35.5 Å². The van der Waals surface area contributed by atoms with Gasteiger partial charge in [-0.05, 0) is 49.7 Å². The molecule has 0 heterocycles. The average molecular weight is 605 g/mol. The standard InChI is InChI=1S/C31H44N2O10/c1-30-8-7-21(35)17-20(30)3-4-22-23-5-6-24(31(23,2)18-25(36)27(22)30)26(37)19-43-29(39)33-10-13-41-15-16-42-28(38)32-9-12-40-14-11-34/h6-8,17,22-23,25,27,34,36H,3-5,9-16,18-19H2,1-2H3,(H,32,38)(H,33,39). The third kappa shape index (κ3) is 7.54. The Hall–Kier alpha value is -3.06. The molecule has 4 aliphatic rings. The van der Waals surface area contributed by atoms with Gasteiger partial charge in [0.05, 0.1) is 39.1 Å². The number of Topliss-reactive ketones (excluding diaryl/α,β-unsaturated/α-hetero) is 1. The second-order valence-electron chi connectivity index (χ2n) is 12.0. The normalized spacial score (nSPS) is 30.7. The van der Waals surface area contributed by atoms with Crippen LogP contribution >= 0.6 is 0 Å². The van der Waals surface area contributed by atoms with Crippen LogP contribution in [0.1, 0.15) is 39.5 Å². The monoisotopic (exact) mass is 604 g/mol. The number of aliphatic hydroxyl groups excluding tert-OH is 2. The second-order valence-corrected chi connectivity index (χ2v) is 12.0. The summed E-state index contributed by atoms with van der Waals surface area (Å²) in [4.78, 5) is 48.9. The molecule has 2 fully saturated rings. The van der Waals surface area contributed by atoms with Gasteiger partial charge in [0.25, 0.3) is 0 Å². The number of allylic oxidation sites excluding steroid dienone is 5. The van der Waals surface area contributed by atoms with Crippen LogP contribution in [0.5, 0.6) is 0 Å². The highest BCUT2D eigenvalue weighted by molar-refractivity contribution is 6.01. The number of amides is 2. The van der Waals surface area contributed by atoms with Crippen LogP contribution in [0.3, 0.4) is 0 Å². The molecule has 2 saturated carbocycles. The van der Waals surface area contributed by atoms with E-state index >= 15 is 0 Å². The molecule has 0 radical (unpaired) electrons. The fraction of sp³-hybridized carbons (Fsp3) is 0.677. The van der Waals surface area contributed by atoms with E-state index < -0.39 is 30.3 Å². The lowest BCUT2D eigenvalue weighted by molar-refractivity contribution is -0.124. The maximum atomic E-state index is 13.2. The summed E-state index contributed by atoms with van der Waals surface area (Å²) in [6.07, 6.45) is 8.12. The topological polar surface area (TPSA) is 170 Å². The van der Waals surface area contributed by atoms with Crippen molar-refractivity contribution < 1.29 is 48.3 Å². The van der Waals surface area contributed by atoms with Crippen molar-refractivity contribution in [1.29, 1.82) is 0 Å². The molecule has 0 saturated heterocycles. The van der Waals surface area contributed by atoms with Gasteiger partial charge in [0.15, 0.2) is 18.2 Å². The minimum Gasteiger partial charge on any atom is -0.447 e. The van der Waals surface area contributed by atoms with Crippen molar-refractivity contribution in [2.45, 2.75) is 45.6 Å². The summed E-state index contributed by atoms with van der Waals surface area (Å²) in [5.74, 6) is 0.113. The van der Waals surface area contributed by atoms with E-state index in [1.807, 2.05) is 19.1 Å². The van der Waals surface area contributed by atoms with Crippen molar-refractivity contribution in [2.75, 3.05) is 59.3 Å². The van der Waals surface area contributed by atoms with Crippen LogP contribution in [0.2, 0.25) is 0 Å². The number of hydrogen-bond acceptors (Lipinski definition) is 10. The fourth-order valence-corrected chi connectivity index (χ4v) is 7.55. The summed E-state index contributed by atoms with van der Waals surface area (Å²) in [6, 6.07) is 0. The smallest absolute Gasteiger partial charge is 0.407 e. The molecule has 43 heavy (non-hydrogen) atoms. The van der Waals surface area contributed by atoms with Crippen LogP contribution in [-0.4, -0.2) is 99.4 Å². The average Bonchev–Trinajstić information content (AvgIpc) is 3.32. The molecule has 12 heteroatoms. The summed E-state index contributed by atoms with van der Waals surface area (Å²) in [5.41, 5.74) is 0.830. The van der Waals surface area contributed by atoms with Gasteiger partial charge in [0, 0.05) is 35.4 Å². The van der Waals surface area contributed by atoms with Gasteiger partial charge >= 0.3 is 12.2 Å². The third-order valence-electron chi connectivity index (χ3n) is 9.44. The lowest BCUT2D eigenvalue weighted by Crippen LogP contribution is -2.55. The number of hydrogen-bond donors (Lipinski definition) is 4.